The minimum atomic E-state index is -3.08. The predicted octanol–water partition coefficient (Wildman–Crippen LogP) is 3.16. The van der Waals surface area contributed by atoms with Crippen LogP contribution in [-0.4, -0.2) is 45.0 Å². The molecule has 0 saturated carbocycles. The van der Waals surface area contributed by atoms with Crippen molar-refractivity contribution in [2.45, 2.75) is 17.9 Å². The quantitative estimate of drug-likeness (QED) is 0.627. The molecule has 10 heteroatoms. The third-order valence-corrected chi connectivity index (χ3v) is 7.39. The molecule has 0 atom stereocenters. The Labute approximate surface area is 191 Å². The lowest BCUT2D eigenvalue weighted by Gasteiger charge is -2.24. The van der Waals surface area contributed by atoms with Gasteiger partial charge in [-0.1, -0.05) is 6.07 Å². The van der Waals surface area contributed by atoms with E-state index in [0.29, 0.717) is 36.1 Å². The number of carbonyl (C=O) groups excluding carboxylic acids is 1. The number of carbonyl (C=O) groups is 1. The molecular weight excluding hydrogens is 442 g/mol. The Hall–Kier alpha value is -3.66. The molecule has 3 heterocycles. The van der Waals surface area contributed by atoms with Crippen molar-refractivity contribution in [3.8, 4) is 5.75 Å². The number of rotatable bonds is 4. The van der Waals surface area contributed by atoms with Crippen LogP contribution in [0.5, 0.6) is 5.75 Å². The molecular formula is C23H23N5O4S. The summed E-state index contributed by atoms with van der Waals surface area (Å²) >= 11 is 0. The highest BCUT2D eigenvalue weighted by molar-refractivity contribution is 7.90. The van der Waals surface area contributed by atoms with Gasteiger partial charge in [-0.15, -0.1) is 0 Å². The number of amides is 1. The highest BCUT2D eigenvalue weighted by Crippen LogP contribution is 2.36. The van der Waals surface area contributed by atoms with E-state index in [1.165, 1.54) is 0 Å². The van der Waals surface area contributed by atoms with Gasteiger partial charge in [0.1, 0.15) is 11.4 Å². The van der Waals surface area contributed by atoms with Crippen molar-refractivity contribution in [3.05, 3.63) is 59.8 Å². The Morgan fingerprint density at radius 3 is 2.58 bits per heavy atom. The Balaban J connectivity index is 1.50. The molecule has 0 radical (unpaired) electrons. The molecule has 0 saturated heterocycles. The molecule has 1 aromatic heterocycles. The fourth-order valence-electron chi connectivity index (χ4n) is 4.12. The molecule has 2 aromatic carbocycles. The number of ether oxygens (including phenoxy) is 1. The number of methoxy groups -OCH3 is 1. The standard InChI is InChI=1S/C23H23N5O4S/c1-27-20-12-24-23(25-17-4-3-15-13-33(30,31)14-16(15)11-17)26-22(20)28(10-9-21(27)29)18-5-7-19(32-2)8-6-18/h3-8,11-12H,9-10,13-14H2,1-2H3,(H,24,25,26). The summed E-state index contributed by atoms with van der Waals surface area (Å²) in [5, 5.41) is 3.18. The number of fused-ring (bicyclic) bond motifs is 2. The smallest absolute Gasteiger partial charge is 0.229 e. The first-order valence-electron chi connectivity index (χ1n) is 10.5. The number of hydrogen-bond acceptors (Lipinski definition) is 8. The SMILES string of the molecule is COc1ccc(N2CCC(=O)N(C)c3cnc(Nc4ccc5c(c4)CS(=O)(=O)C5)nc32)cc1. The summed E-state index contributed by atoms with van der Waals surface area (Å²) in [7, 11) is 0.255. The minimum absolute atomic E-state index is 0.0172. The van der Waals surface area contributed by atoms with Gasteiger partial charge in [-0.05, 0) is 47.5 Å². The molecule has 0 aliphatic carbocycles. The summed E-state index contributed by atoms with van der Waals surface area (Å²) in [6.07, 6.45) is 1.96. The highest BCUT2D eigenvalue weighted by Gasteiger charge is 2.28. The van der Waals surface area contributed by atoms with Gasteiger partial charge in [0.05, 0.1) is 24.8 Å². The first-order chi connectivity index (χ1) is 15.8. The van der Waals surface area contributed by atoms with E-state index in [0.717, 1.165) is 22.6 Å². The topological polar surface area (TPSA) is 105 Å². The second-order valence-corrected chi connectivity index (χ2v) is 10.2. The molecule has 0 bridgehead atoms. The van der Waals surface area contributed by atoms with Crippen LogP contribution in [0.3, 0.4) is 0 Å². The Morgan fingerprint density at radius 2 is 1.82 bits per heavy atom. The Bertz CT molecular complexity index is 1340. The summed E-state index contributed by atoms with van der Waals surface area (Å²) in [6.45, 7) is 0.468. The second-order valence-electron chi connectivity index (χ2n) is 8.10. The lowest BCUT2D eigenvalue weighted by molar-refractivity contribution is -0.118. The number of anilines is 5. The zero-order valence-electron chi connectivity index (χ0n) is 18.3. The van der Waals surface area contributed by atoms with Crippen LogP contribution in [0.2, 0.25) is 0 Å². The van der Waals surface area contributed by atoms with Gasteiger partial charge in [0.25, 0.3) is 0 Å². The zero-order chi connectivity index (χ0) is 23.2. The molecule has 0 fully saturated rings. The number of sulfone groups is 1. The zero-order valence-corrected chi connectivity index (χ0v) is 19.1. The van der Waals surface area contributed by atoms with Gasteiger partial charge in [-0.2, -0.15) is 4.98 Å². The largest absolute Gasteiger partial charge is 0.497 e. The van der Waals surface area contributed by atoms with E-state index >= 15 is 0 Å². The van der Waals surface area contributed by atoms with Crippen molar-refractivity contribution in [3.63, 3.8) is 0 Å². The van der Waals surface area contributed by atoms with Crippen LogP contribution in [0.15, 0.2) is 48.7 Å². The summed E-state index contributed by atoms with van der Waals surface area (Å²) in [6, 6.07) is 13.1. The summed E-state index contributed by atoms with van der Waals surface area (Å²) < 4.78 is 29.1. The van der Waals surface area contributed by atoms with Crippen LogP contribution < -0.4 is 19.9 Å². The molecule has 0 unspecified atom stereocenters. The Kier molecular flexibility index (Phi) is 5.16. The molecule has 0 spiro atoms. The fourth-order valence-corrected chi connectivity index (χ4v) is 5.72. The Morgan fingerprint density at radius 1 is 1.06 bits per heavy atom. The number of benzene rings is 2. The van der Waals surface area contributed by atoms with Gasteiger partial charge in [-0.25, -0.2) is 13.4 Å². The molecule has 33 heavy (non-hydrogen) atoms. The van der Waals surface area contributed by atoms with E-state index in [4.69, 9.17) is 9.72 Å². The average Bonchev–Trinajstić information content (AvgIpc) is 3.05. The third kappa shape index (κ3) is 4.09. The van der Waals surface area contributed by atoms with Gasteiger partial charge in [0.2, 0.25) is 11.9 Å². The molecule has 170 valence electrons. The molecule has 9 nitrogen and oxygen atoms in total. The van der Waals surface area contributed by atoms with Crippen molar-refractivity contribution in [1.29, 1.82) is 0 Å². The number of nitrogens with zero attached hydrogens (tertiary/aromatic N) is 4. The molecule has 2 aliphatic rings. The molecule has 5 rings (SSSR count). The van der Waals surface area contributed by atoms with Gasteiger partial charge >= 0.3 is 0 Å². The predicted molar refractivity (Wildman–Crippen MR) is 126 cm³/mol. The summed E-state index contributed by atoms with van der Waals surface area (Å²) in [4.78, 5) is 25.3. The van der Waals surface area contributed by atoms with Crippen molar-refractivity contribution in [2.24, 2.45) is 0 Å². The monoisotopic (exact) mass is 465 g/mol. The van der Waals surface area contributed by atoms with E-state index in [1.54, 1.807) is 25.3 Å². The van der Waals surface area contributed by atoms with Crippen LogP contribution in [0.1, 0.15) is 17.5 Å². The van der Waals surface area contributed by atoms with Crippen LogP contribution in [0, 0.1) is 0 Å². The van der Waals surface area contributed by atoms with Crippen LogP contribution in [0.4, 0.5) is 28.8 Å². The van der Waals surface area contributed by atoms with Crippen molar-refractivity contribution < 1.29 is 17.9 Å². The highest BCUT2D eigenvalue weighted by atomic mass is 32.2. The lowest BCUT2D eigenvalue weighted by atomic mass is 10.1. The number of aromatic nitrogens is 2. The molecule has 3 aromatic rings. The minimum Gasteiger partial charge on any atom is -0.497 e. The number of nitrogens with one attached hydrogen (secondary N) is 1. The fraction of sp³-hybridized carbons (Fsp3) is 0.261. The van der Waals surface area contributed by atoms with Crippen molar-refractivity contribution >= 4 is 44.6 Å². The van der Waals surface area contributed by atoms with E-state index in [9.17, 15) is 13.2 Å². The van der Waals surface area contributed by atoms with Crippen LogP contribution in [0.25, 0.3) is 0 Å². The van der Waals surface area contributed by atoms with E-state index < -0.39 is 9.84 Å². The van der Waals surface area contributed by atoms with Gasteiger partial charge in [-0.3, -0.25) is 4.79 Å². The lowest BCUT2D eigenvalue weighted by Crippen LogP contribution is -2.25. The maximum Gasteiger partial charge on any atom is 0.229 e. The molecule has 1 amide bonds. The first-order valence-corrected chi connectivity index (χ1v) is 12.3. The van der Waals surface area contributed by atoms with Gasteiger partial charge in [0.15, 0.2) is 15.7 Å². The second kappa shape index (κ2) is 8.04. The van der Waals surface area contributed by atoms with E-state index in [2.05, 4.69) is 10.3 Å². The van der Waals surface area contributed by atoms with E-state index in [1.807, 2.05) is 47.4 Å². The summed E-state index contributed by atoms with van der Waals surface area (Å²) in [5.74, 6) is 1.81. The van der Waals surface area contributed by atoms with Crippen molar-refractivity contribution in [2.75, 3.05) is 35.8 Å². The maximum absolute atomic E-state index is 12.5. The molecule has 2 aliphatic heterocycles. The third-order valence-electron chi connectivity index (χ3n) is 5.89. The normalized spacial score (nSPS) is 16.7. The van der Waals surface area contributed by atoms with Crippen LogP contribution in [-0.2, 0) is 26.1 Å². The summed E-state index contributed by atoms with van der Waals surface area (Å²) in [5.41, 5.74) is 3.82. The van der Waals surface area contributed by atoms with Crippen molar-refractivity contribution in [1.82, 2.24) is 9.97 Å². The maximum atomic E-state index is 12.5. The van der Waals surface area contributed by atoms with Crippen LogP contribution >= 0.6 is 0 Å². The van der Waals surface area contributed by atoms with Gasteiger partial charge < -0.3 is 19.9 Å². The molecule has 1 N–H and O–H groups in total. The van der Waals surface area contributed by atoms with Gasteiger partial charge in [0, 0.05) is 31.4 Å². The average molecular weight is 466 g/mol. The van der Waals surface area contributed by atoms with E-state index in [-0.39, 0.29) is 17.4 Å². The first kappa shape index (κ1) is 21.2. The number of hydrogen-bond donors (Lipinski definition) is 1.